The van der Waals surface area contributed by atoms with E-state index >= 15 is 0 Å². The number of amides is 2. The van der Waals surface area contributed by atoms with Gasteiger partial charge < -0.3 is 16.0 Å². The molecule has 0 aliphatic carbocycles. The van der Waals surface area contributed by atoms with Crippen LogP contribution in [0.3, 0.4) is 0 Å². The van der Waals surface area contributed by atoms with Crippen LogP contribution >= 0.6 is 23.2 Å². The number of carbonyl (C=O) groups is 2. The molecule has 132 valence electrons. The molecule has 0 radical (unpaired) electrons. The van der Waals surface area contributed by atoms with E-state index in [1.54, 1.807) is 42.5 Å². The maximum Gasteiger partial charge on any atom is 0.251 e. The van der Waals surface area contributed by atoms with E-state index in [0.29, 0.717) is 21.3 Å². The molecule has 25 heavy (non-hydrogen) atoms. The minimum Gasteiger partial charge on any atom is -0.376 e. The molecule has 2 rings (SSSR count). The Labute approximate surface area is 156 Å². The fourth-order valence-corrected chi connectivity index (χ4v) is 2.62. The van der Waals surface area contributed by atoms with Gasteiger partial charge >= 0.3 is 0 Å². The zero-order chi connectivity index (χ0) is 18.4. The van der Waals surface area contributed by atoms with Crippen molar-refractivity contribution >= 4 is 46.4 Å². The normalized spacial score (nSPS) is 10.4. The van der Waals surface area contributed by atoms with E-state index in [1.165, 1.54) is 0 Å². The maximum absolute atomic E-state index is 12.0. The molecular weight excluding hydrogens is 361 g/mol. The van der Waals surface area contributed by atoms with E-state index in [2.05, 4.69) is 16.0 Å². The lowest BCUT2D eigenvalue weighted by Crippen LogP contribution is -2.30. The summed E-state index contributed by atoms with van der Waals surface area (Å²) in [6.07, 6.45) is 0. The molecule has 7 heteroatoms. The average molecular weight is 380 g/mol. The maximum atomic E-state index is 12.0. The Hall–Kier alpha value is -2.24. The molecule has 0 spiro atoms. The summed E-state index contributed by atoms with van der Waals surface area (Å²) in [5, 5.41) is 9.42. The van der Waals surface area contributed by atoms with Crippen LogP contribution in [0.25, 0.3) is 0 Å². The van der Waals surface area contributed by atoms with Crippen molar-refractivity contribution in [2.75, 3.05) is 17.2 Å². The molecule has 0 atom stereocenters. The van der Waals surface area contributed by atoms with Crippen molar-refractivity contribution in [3.8, 4) is 0 Å². The van der Waals surface area contributed by atoms with Crippen LogP contribution in [0.4, 0.5) is 11.4 Å². The molecule has 5 nitrogen and oxygen atoms in total. The topological polar surface area (TPSA) is 70.2 Å². The standard InChI is InChI=1S/C18H19Cl2N3O2/c1-11(2)22-18(25)12-3-5-15(6-4-12)21-10-17(24)23-16-8-13(19)7-14(20)9-16/h3-9,11,21H,10H2,1-2H3,(H,22,25)(H,23,24). The van der Waals surface area contributed by atoms with Crippen LogP contribution in [-0.4, -0.2) is 24.4 Å². The second-order valence-corrected chi connectivity index (χ2v) is 6.64. The largest absolute Gasteiger partial charge is 0.376 e. The van der Waals surface area contributed by atoms with Crippen molar-refractivity contribution in [3.63, 3.8) is 0 Å². The summed E-state index contributed by atoms with van der Waals surface area (Å²) < 4.78 is 0. The Balaban J connectivity index is 1.88. The minimum absolute atomic E-state index is 0.0711. The Morgan fingerprint density at radius 1 is 0.960 bits per heavy atom. The number of hydrogen-bond donors (Lipinski definition) is 3. The number of hydrogen-bond acceptors (Lipinski definition) is 3. The number of halogens is 2. The number of benzene rings is 2. The fraction of sp³-hybridized carbons (Fsp3) is 0.222. The zero-order valence-corrected chi connectivity index (χ0v) is 15.4. The molecule has 2 aromatic rings. The Kier molecular flexibility index (Phi) is 6.67. The molecule has 3 N–H and O–H groups in total. The quantitative estimate of drug-likeness (QED) is 0.704. The van der Waals surface area contributed by atoms with E-state index in [0.717, 1.165) is 5.69 Å². The number of anilines is 2. The van der Waals surface area contributed by atoms with Crippen LogP contribution in [0.2, 0.25) is 10.0 Å². The SMILES string of the molecule is CC(C)NC(=O)c1ccc(NCC(=O)Nc2cc(Cl)cc(Cl)c2)cc1. The molecule has 0 unspecified atom stereocenters. The van der Waals surface area contributed by atoms with Crippen molar-refractivity contribution in [1.29, 1.82) is 0 Å². The van der Waals surface area contributed by atoms with Crippen molar-refractivity contribution in [3.05, 3.63) is 58.1 Å². The van der Waals surface area contributed by atoms with E-state index in [9.17, 15) is 9.59 Å². The van der Waals surface area contributed by atoms with Gasteiger partial charge in [0.15, 0.2) is 0 Å². The molecule has 0 aliphatic heterocycles. The monoisotopic (exact) mass is 379 g/mol. The first-order chi connectivity index (χ1) is 11.8. The zero-order valence-electron chi connectivity index (χ0n) is 13.9. The van der Waals surface area contributed by atoms with Gasteiger partial charge in [-0.15, -0.1) is 0 Å². The predicted molar refractivity (Wildman–Crippen MR) is 103 cm³/mol. The molecule has 0 fully saturated rings. The highest BCUT2D eigenvalue weighted by Gasteiger charge is 2.07. The molecular formula is C18H19Cl2N3O2. The summed E-state index contributed by atoms with van der Waals surface area (Å²) in [7, 11) is 0. The molecule has 0 aliphatic rings. The lowest BCUT2D eigenvalue weighted by Gasteiger charge is -2.10. The lowest BCUT2D eigenvalue weighted by molar-refractivity contribution is -0.114. The van der Waals surface area contributed by atoms with Crippen LogP contribution in [0.1, 0.15) is 24.2 Å². The molecule has 0 saturated carbocycles. The van der Waals surface area contributed by atoms with Crippen LogP contribution in [0.5, 0.6) is 0 Å². The Morgan fingerprint density at radius 3 is 2.12 bits per heavy atom. The average Bonchev–Trinajstić information content (AvgIpc) is 2.51. The van der Waals surface area contributed by atoms with Gasteiger partial charge in [0.05, 0.1) is 6.54 Å². The van der Waals surface area contributed by atoms with Crippen molar-refractivity contribution in [2.24, 2.45) is 0 Å². The Morgan fingerprint density at radius 2 is 1.56 bits per heavy atom. The van der Waals surface area contributed by atoms with Gasteiger partial charge in [0.1, 0.15) is 0 Å². The second-order valence-electron chi connectivity index (χ2n) is 5.77. The van der Waals surface area contributed by atoms with Crippen LogP contribution in [0.15, 0.2) is 42.5 Å². The van der Waals surface area contributed by atoms with E-state index in [1.807, 2.05) is 13.8 Å². The molecule has 0 aromatic heterocycles. The highest BCUT2D eigenvalue weighted by Crippen LogP contribution is 2.22. The summed E-state index contributed by atoms with van der Waals surface area (Å²) in [6, 6.07) is 11.8. The van der Waals surface area contributed by atoms with Crippen LogP contribution in [0, 0.1) is 0 Å². The first-order valence-electron chi connectivity index (χ1n) is 7.74. The number of rotatable bonds is 6. The Bertz CT molecular complexity index is 741. The summed E-state index contributed by atoms with van der Waals surface area (Å²) in [5.41, 5.74) is 1.84. The van der Waals surface area contributed by atoms with Gasteiger partial charge in [-0.1, -0.05) is 23.2 Å². The third-order valence-electron chi connectivity index (χ3n) is 3.17. The van der Waals surface area contributed by atoms with Gasteiger partial charge in [-0.3, -0.25) is 9.59 Å². The molecule has 2 amide bonds. The van der Waals surface area contributed by atoms with Gasteiger partial charge in [-0.05, 0) is 56.3 Å². The first-order valence-corrected chi connectivity index (χ1v) is 8.50. The second kappa shape index (κ2) is 8.74. The summed E-state index contributed by atoms with van der Waals surface area (Å²) in [6.45, 7) is 3.88. The van der Waals surface area contributed by atoms with Gasteiger partial charge in [0.2, 0.25) is 5.91 Å². The summed E-state index contributed by atoms with van der Waals surface area (Å²) in [5.74, 6) is -0.364. The van der Waals surface area contributed by atoms with Crippen LogP contribution in [-0.2, 0) is 4.79 Å². The lowest BCUT2D eigenvalue weighted by atomic mass is 10.2. The predicted octanol–water partition coefficient (Wildman–Crippen LogP) is 4.18. The summed E-state index contributed by atoms with van der Waals surface area (Å²) in [4.78, 5) is 23.9. The fourth-order valence-electron chi connectivity index (χ4n) is 2.10. The highest BCUT2D eigenvalue weighted by molar-refractivity contribution is 6.35. The minimum atomic E-state index is -0.236. The van der Waals surface area contributed by atoms with Gasteiger partial charge in [-0.25, -0.2) is 0 Å². The molecule has 0 saturated heterocycles. The smallest absolute Gasteiger partial charge is 0.251 e. The van der Waals surface area contributed by atoms with Crippen molar-refractivity contribution in [1.82, 2.24) is 5.32 Å². The van der Waals surface area contributed by atoms with Gasteiger partial charge in [0.25, 0.3) is 5.91 Å². The van der Waals surface area contributed by atoms with Crippen molar-refractivity contribution < 1.29 is 9.59 Å². The van der Waals surface area contributed by atoms with Crippen molar-refractivity contribution in [2.45, 2.75) is 19.9 Å². The summed E-state index contributed by atoms with van der Waals surface area (Å²) >= 11 is 11.8. The van der Waals surface area contributed by atoms with Crippen LogP contribution < -0.4 is 16.0 Å². The molecule has 0 bridgehead atoms. The van der Waals surface area contributed by atoms with Gasteiger partial charge in [-0.2, -0.15) is 0 Å². The highest BCUT2D eigenvalue weighted by atomic mass is 35.5. The number of nitrogens with one attached hydrogen (secondary N) is 3. The van der Waals surface area contributed by atoms with E-state index < -0.39 is 0 Å². The van der Waals surface area contributed by atoms with E-state index in [4.69, 9.17) is 23.2 Å². The molecule has 0 heterocycles. The first kappa shape index (κ1) is 19.1. The third-order valence-corrected chi connectivity index (χ3v) is 3.60. The van der Waals surface area contributed by atoms with E-state index in [-0.39, 0.29) is 24.4 Å². The number of carbonyl (C=O) groups excluding carboxylic acids is 2. The molecule has 2 aromatic carbocycles. The third kappa shape index (κ3) is 6.29. The van der Waals surface area contributed by atoms with Gasteiger partial charge in [0, 0.05) is 33.0 Å².